The molecule has 0 heterocycles. The van der Waals surface area contributed by atoms with Crippen molar-refractivity contribution in [3.8, 4) is 11.5 Å². The van der Waals surface area contributed by atoms with Gasteiger partial charge in [-0.3, -0.25) is 4.79 Å². The summed E-state index contributed by atoms with van der Waals surface area (Å²) in [7, 11) is 1.44. The fraction of sp³-hybridized carbons (Fsp3) is 0.0455. The van der Waals surface area contributed by atoms with Crippen LogP contribution in [0.25, 0.3) is 0 Å². The molecule has 0 aromatic heterocycles. The first-order valence-corrected chi connectivity index (χ1v) is 9.95. The number of hydrogen-bond acceptors (Lipinski definition) is 5. The number of hydrogen-bond donors (Lipinski definition) is 1. The first-order valence-electron chi connectivity index (χ1n) is 8.81. The minimum absolute atomic E-state index is 0.170. The molecule has 0 aliphatic heterocycles. The molecular formula is C22H15Cl3N2O4. The van der Waals surface area contributed by atoms with E-state index in [0.717, 1.165) is 0 Å². The van der Waals surface area contributed by atoms with E-state index < -0.39 is 5.97 Å². The van der Waals surface area contributed by atoms with Crippen molar-refractivity contribution in [3.63, 3.8) is 0 Å². The van der Waals surface area contributed by atoms with Gasteiger partial charge in [0.05, 0.1) is 23.9 Å². The van der Waals surface area contributed by atoms with Gasteiger partial charge in [0.1, 0.15) is 0 Å². The molecule has 3 rings (SSSR count). The standard InChI is InChI=1S/C22H15Cl3N2O4/c1-30-20-10-13(12-26-27-21(28)14-3-5-15(23)6-4-14)2-9-19(20)31-22(29)17-8-7-16(24)11-18(17)25/h2-12H,1H3,(H,27,28). The highest BCUT2D eigenvalue weighted by Gasteiger charge is 2.16. The molecule has 1 N–H and O–H groups in total. The number of esters is 1. The van der Waals surface area contributed by atoms with E-state index in [1.807, 2.05) is 0 Å². The zero-order valence-electron chi connectivity index (χ0n) is 16.1. The van der Waals surface area contributed by atoms with Gasteiger partial charge in [-0.1, -0.05) is 34.8 Å². The Morgan fingerprint density at radius 1 is 0.903 bits per heavy atom. The minimum Gasteiger partial charge on any atom is -0.493 e. The van der Waals surface area contributed by atoms with Gasteiger partial charge >= 0.3 is 5.97 Å². The van der Waals surface area contributed by atoms with E-state index in [2.05, 4.69) is 10.5 Å². The number of hydrazone groups is 1. The Kier molecular flexibility index (Phi) is 7.52. The summed E-state index contributed by atoms with van der Waals surface area (Å²) < 4.78 is 10.7. The number of halogens is 3. The fourth-order valence-corrected chi connectivity index (χ4v) is 3.10. The number of rotatable bonds is 6. The maximum Gasteiger partial charge on any atom is 0.345 e. The predicted molar refractivity (Wildman–Crippen MR) is 121 cm³/mol. The van der Waals surface area contributed by atoms with Gasteiger partial charge in [0.15, 0.2) is 11.5 Å². The molecule has 3 aromatic rings. The van der Waals surface area contributed by atoms with E-state index >= 15 is 0 Å². The molecule has 0 aliphatic carbocycles. The molecule has 31 heavy (non-hydrogen) atoms. The highest BCUT2D eigenvalue weighted by atomic mass is 35.5. The Morgan fingerprint density at radius 3 is 2.29 bits per heavy atom. The van der Waals surface area contributed by atoms with Crippen LogP contribution in [0.2, 0.25) is 15.1 Å². The molecule has 0 saturated carbocycles. The zero-order chi connectivity index (χ0) is 22.4. The van der Waals surface area contributed by atoms with Crippen molar-refractivity contribution in [1.29, 1.82) is 0 Å². The second-order valence-corrected chi connectivity index (χ2v) is 7.41. The molecule has 0 aliphatic rings. The lowest BCUT2D eigenvalue weighted by atomic mass is 10.2. The lowest BCUT2D eigenvalue weighted by Crippen LogP contribution is -2.17. The van der Waals surface area contributed by atoms with Gasteiger partial charge in [0, 0.05) is 15.6 Å². The molecule has 0 bridgehead atoms. The molecule has 158 valence electrons. The van der Waals surface area contributed by atoms with E-state index in [1.54, 1.807) is 48.5 Å². The summed E-state index contributed by atoms with van der Waals surface area (Å²) in [5.41, 5.74) is 3.62. The van der Waals surface area contributed by atoms with Gasteiger partial charge in [0.2, 0.25) is 0 Å². The number of benzene rings is 3. The molecule has 0 spiro atoms. The fourth-order valence-electron chi connectivity index (χ4n) is 2.49. The normalized spacial score (nSPS) is 10.7. The van der Waals surface area contributed by atoms with Gasteiger partial charge in [-0.15, -0.1) is 0 Å². The van der Waals surface area contributed by atoms with Crippen molar-refractivity contribution in [3.05, 3.63) is 92.4 Å². The van der Waals surface area contributed by atoms with Crippen LogP contribution in [-0.4, -0.2) is 25.2 Å². The Labute approximate surface area is 193 Å². The summed E-state index contributed by atoms with van der Waals surface area (Å²) >= 11 is 17.7. The third-order valence-corrected chi connectivity index (χ3v) is 4.83. The Hall–Kier alpha value is -3.06. The topological polar surface area (TPSA) is 77.0 Å². The van der Waals surface area contributed by atoms with Crippen LogP contribution in [0, 0.1) is 0 Å². The predicted octanol–water partition coefficient (Wildman–Crippen LogP) is 5.64. The number of methoxy groups -OCH3 is 1. The Bertz CT molecular complexity index is 1150. The van der Waals surface area contributed by atoms with E-state index in [1.165, 1.54) is 25.5 Å². The van der Waals surface area contributed by atoms with Crippen LogP contribution in [0.15, 0.2) is 65.8 Å². The second-order valence-electron chi connectivity index (χ2n) is 6.13. The zero-order valence-corrected chi connectivity index (χ0v) is 18.3. The minimum atomic E-state index is -0.656. The molecule has 0 fully saturated rings. The maximum atomic E-state index is 12.4. The Morgan fingerprint density at radius 2 is 1.61 bits per heavy atom. The lowest BCUT2D eigenvalue weighted by Gasteiger charge is -2.10. The monoisotopic (exact) mass is 476 g/mol. The van der Waals surface area contributed by atoms with Crippen molar-refractivity contribution in [2.45, 2.75) is 0 Å². The van der Waals surface area contributed by atoms with Crippen LogP contribution in [0.5, 0.6) is 11.5 Å². The second kappa shape index (κ2) is 10.3. The quantitative estimate of drug-likeness (QED) is 0.216. The van der Waals surface area contributed by atoms with E-state index in [4.69, 9.17) is 44.3 Å². The van der Waals surface area contributed by atoms with Gasteiger partial charge in [-0.2, -0.15) is 5.10 Å². The highest BCUT2D eigenvalue weighted by molar-refractivity contribution is 6.36. The van der Waals surface area contributed by atoms with Crippen LogP contribution in [0.3, 0.4) is 0 Å². The molecule has 0 saturated heterocycles. The molecule has 1 amide bonds. The van der Waals surface area contributed by atoms with Gasteiger partial charge in [-0.05, 0) is 66.2 Å². The van der Waals surface area contributed by atoms with Crippen molar-refractivity contribution in [2.75, 3.05) is 7.11 Å². The van der Waals surface area contributed by atoms with Crippen LogP contribution in [0.1, 0.15) is 26.3 Å². The number of ether oxygens (including phenoxy) is 2. The van der Waals surface area contributed by atoms with Gasteiger partial charge in [0.25, 0.3) is 5.91 Å². The first-order chi connectivity index (χ1) is 14.9. The van der Waals surface area contributed by atoms with Crippen molar-refractivity contribution >= 4 is 52.9 Å². The molecule has 0 unspecified atom stereocenters. The summed E-state index contributed by atoms with van der Waals surface area (Å²) in [5, 5.41) is 5.04. The molecular weight excluding hydrogens is 463 g/mol. The average Bonchev–Trinajstić information content (AvgIpc) is 2.75. The molecule has 0 atom stereocenters. The molecule has 6 nitrogen and oxygen atoms in total. The van der Waals surface area contributed by atoms with E-state index in [0.29, 0.717) is 26.9 Å². The van der Waals surface area contributed by atoms with Gasteiger partial charge < -0.3 is 9.47 Å². The number of carbonyl (C=O) groups excluding carboxylic acids is 2. The molecule has 3 aromatic carbocycles. The molecule has 9 heteroatoms. The average molecular weight is 478 g/mol. The van der Waals surface area contributed by atoms with Crippen LogP contribution in [-0.2, 0) is 0 Å². The number of amides is 1. The third-order valence-electron chi connectivity index (χ3n) is 4.03. The summed E-state index contributed by atoms with van der Waals surface area (Å²) in [4.78, 5) is 24.5. The lowest BCUT2D eigenvalue weighted by molar-refractivity contribution is 0.0729. The Balaban J connectivity index is 1.69. The van der Waals surface area contributed by atoms with Crippen molar-refractivity contribution < 1.29 is 19.1 Å². The van der Waals surface area contributed by atoms with Crippen LogP contribution in [0.4, 0.5) is 0 Å². The smallest absolute Gasteiger partial charge is 0.345 e. The van der Waals surface area contributed by atoms with Gasteiger partial charge in [-0.25, -0.2) is 10.2 Å². The largest absolute Gasteiger partial charge is 0.493 e. The van der Waals surface area contributed by atoms with Crippen molar-refractivity contribution in [1.82, 2.24) is 5.43 Å². The maximum absolute atomic E-state index is 12.4. The third kappa shape index (κ3) is 5.98. The molecule has 0 radical (unpaired) electrons. The number of carbonyl (C=O) groups is 2. The number of nitrogens with one attached hydrogen (secondary N) is 1. The first kappa shape index (κ1) is 22.6. The number of nitrogens with zero attached hydrogens (tertiary/aromatic N) is 1. The van der Waals surface area contributed by atoms with E-state index in [9.17, 15) is 9.59 Å². The summed E-state index contributed by atoms with van der Waals surface area (Å²) in [5.74, 6) is -0.547. The van der Waals surface area contributed by atoms with Crippen molar-refractivity contribution in [2.24, 2.45) is 5.10 Å². The highest BCUT2D eigenvalue weighted by Crippen LogP contribution is 2.30. The summed E-state index contributed by atoms with van der Waals surface area (Å²) in [6.07, 6.45) is 1.43. The SMILES string of the molecule is COc1cc(C=NNC(=O)c2ccc(Cl)cc2)ccc1OC(=O)c1ccc(Cl)cc1Cl. The summed E-state index contributed by atoms with van der Waals surface area (Å²) in [6, 6.07) is 15.7. The van der Waals surface area contributed by atoms with Crippen LogP contribution < -0.4 is 14.9 Å². The van der Waals surface area contributed by atoms with Crippen LogP contribution >= 0.6 is 34.8 Å². The summed E-state index contributed by atoms with van der Waals surface area (Å²) in [6.45, 7) is 0. The van der Waals surface area contributed by atoms with E-state index in [-0.39, 0.29) is 22.2 Å².